The number of rotatable bonds is 9. The van der Waals surface area contributed by atoms with E-state index in [0.29, 0.717) is 18.7 Å². The van der Waals surface area contributed by atoms with Crippen LogP contribution in [0.4, 0.5) is 0 Å². The molecule has 0 saturated heterocycles. The zero-order chi connectivity index (χ0) is 19.1. The second kappa shape index (κ2) is 9.14. The van der Waals surface area contributed by atoms with Gasteiger partial charge >= 0.3 is 0 Å². The van der Waals surface area contributed by atoms with Gasteiger partial charge in [-0.15, -0.1) is 0 Å². The number of carbonyl (C=O) groups excluding carboxylic acids is 1. The summed E-state index contributed by atoms with van der Waals surface area (Å²) in [6.45, 7) is 7.10. The lowest BCUT2D eigenvalue weighted by Crippen LogP contribution is -2.37. The van der Waals surface area contributed by atoms with E-state index in [1.54, 1.807) is 17.3 Å². The molecule has 1 aromatic carbocycles. The van der Waals surface area contributed by atoms with Gasteiger partial charge in [0, 0.05) is 12.1 Å². The number of amides is 1. The maximum Gasteiger partial charge on any atom is 0.251 e. The predicted octanol–water partition coefficient (Wildman–Crippen LogP) is 2.73. The first-order valence-corrected chi connectivity index (χ1v) is 9.18. The third kappa shape index (κ3) is 4.83. The highest BCUT2D eigenvalue weighted by molar-refractivity contribution is 5.94. The van der Waals surface area contributed by atoms with E-state index in [9.17, 15) is 4.79 Å². The zero-order valence-corrected chi connectivity index (χ0v) is 15.7. The lowest BCUT2D eigenvalue weighted by molar-refractivity contribution is 0.0929. The molecule has 0 bridgehead atoms. The Morgan fingerprint density at radius 1 is 1.22 bits per heavy atom. The normalized spacial score (nSPS) is 12.3. The fourth-order valence-corrected chi connectivity index (χ4v) is 3.11. The van der Waals surface area contributed by atoms with Gasteiger partial charge in [-0.3, -0.25) is 9.69 Å². The van der Waals surface area contributed by atoms with E-state index in [1.165, 1.54) is 6.33 Å². The van der Waals surface area contributed by atoms with Gasteiger partial charge in [0.15, 0.2) is 0 Å². The standard InChI is InChI=1S/C20H25N5O2/c1-3-24(4-2)18(19-6-5-11-27-19)12-22-20(26)17-9-7-16(8-10-17)13-25-15-21-14-23-25/h5-11,14-15,18H,3-4,12-13H2,1-2H3,(H,22,26). The third-order valence-corrected chi connectivity index (χ3v) is 4.61. The minimum atomic E-state index is -0.0916. The van der Waals surface area contributed by atoms with Crippen LogP contribution in [0.2, 0.25) is 0 Å². The highest BCUT2D eigenvalue weighted by Gasteiger charge is 2.21. The first-order chi connectivity index (χ1) is 13.2. The van der Waals surface area contributed by atoms with Crippen molar-refractivity contribution in [2.75, 3.05) is 19.6 Å². The van der Waals surface area contributed by atoms with Crippen molar-refractivity contribution in [2.45, 2.75) is 26.4 Å². The average Bonchev–Trinajstić information content (AvgIpc) is 3.39. The number of furan rings is 1. The SMILES string of the molecule is CCN(CC)C(CNC(=O)c1ccc(Cn2cncn2)cc1)c1ccco1. The molecule has 0 aliphatic heterocycles. The lowest BCUT2D eigenvalue weighted by Gasteiger charge is -2.28. The molecular weight excluding hydrogens is 342 g/mol. The monoisotopic (exact) mass is 367 g/mol. The van der Waals surface area contributed by atoms with Crippen LogP contribution in [0.5, 0.6) is 0 Å². The van der Waals surface area contributed by atoms with Crippen molar-refractivity contribution in [1.29, 1.82) is 0 Å². The Kier molecular flexibility index (Phi) is 6.38. The second-order valence-electron chi connectivity index (χ2n) is 6.25. The summed E-state index contributed by atoms with van der Waals surface area (Å²) in [5.74, 6) is 0.771. The molecule has 27 heavy (non-hydrogen) atoms. The maximum absolute atomic E-state index is 12.6. The van der Waals surface area contributed by atoms with Crippen molar-refractivity contribution >= 4 is 5.91 Å². The number of likely N-dealkylation sites (N-methyl/N-ethyl adjacent to an activating group) is 1. The van der Waals surface area contributed by atoms with Crippen LogP contribution in [0.1, 0.15) is 41.6 Å². The molecule has 3 rings (SSSR count). The first kappa shape index (κ1) is 18.8. The van der Waals surface area contributed by atoms with Gasteiger partial charge in [0.05, 0.1) is 18.8 Å². The largest absolute Gasteiger partial charge is 0.468 e. The van der Waals surface area contributed by atoms with Gasteiger partial charge in [-0.2, -0.15) is 5.10 Å². The number of benzene rings is 1. The molecule has 1 amide bonds. The van der Waals surface area contributed by atoms with Crippen molar-refractivity contribution in [3.05, 3.63) is 72.2 Å². The van der Waals surface area contributed by atoms with Crippen LogP contribution in [0.15, 0.2) is 59.7 Å². The van der Waals surface area contributed by atoms with E-state index < -0.39 is 0 Å². The number of aromatic nitrogens is 3. The second-order valence-corrected chi connectivity index (χ2v) is 6.25. The Morgan fingerprint density at radius 2 is 2.00 bits per heavy atom. The van der Waals surface area contributed by atoms with Crippen molar-refractivity contribution in [1.82, 2.24) is 25.0 Å². The highest BCUT2D eigenvalue weighted by Crippen LogP contribution is 2.20. The molecule has 1 N–H and O–H groups in total. The summed E-state index contributed by atoms with van der Waals surface area (Å²) in [5, 5.41) is 7.12. The minimum Gasteiger partial charge on any atom is -0.468 e. The Hall–Kier alpha value is -2.93. The fraction of sp³-hybridized carbons (Fsp3) is 0.350. The Balaban J connectivity index is 1.61. The summed E-state index contributed by atoms with van der Waals surface area (Å²) in [7, 11) is 0. The molecule has 0 radical (unpaired) electrons. The Labute approximate surface area is 159 Å². The number of nitrogens with one attached hydrogen (secondary N) is 1. The Bertz CT molecular complexity index is 809. The molecule has 0 fully saturated rings. The van der Waals surface area contributed by atoms with Crippen molar-refractivity contribution < 1.29 is 9.21 Å². The quantitative estimate of drug-likeness (QED) is 0.629. The van der Waals surface area contributed by atoms with E-state index in [-0.39, 0.29) is 11.9 Å². The molecule has 3 aromatic rings. The molecule has 1 unspecified atom stereocenters. The van der Waals surface area contributed by atoms with Gasteiger partial charge < -0.3 is 9.73 Å². The van der Waals surface area contributed by atoms with Crippen molar-refractivity contribution in [2.24, 2.45) is 0 Å². The maximum atomic E-state index is 12.6. The van der Waals surface area contributed by atoms with Crippen LogP contribution in [0.25, 0.3) is 0 Å². The van der Waals surface area contributed by atoms with Crippen LogP contribution in [0.3, 0.4) is 0 Å². The van der Waals surface area contributed by atoms with Gasteiger partial charge in [0.2, 0.25) is 0 Å². The lowest BCUT2D eigenvalue weighted by atomic mass is 10.1. The summed E-state index contributed by atoms with van der Waals surface area (Å²) < 4.78 is 7.32. The average molecular weight is 367 g/mol. The molecule has 1 atom stereocenters. The topological polar surface area (TPSA) is 76.2 Å². The molecule has 7 heteroatoms. The van der Waals surface area contributed by atoms with E-state index in [2.05, 4.69) is 34.1 Å². The van der Waals surface area contributed by atoms with Gasteiger partial charge in [0.25, 0.3) is 5.91 Å². The van der Waals surface area contributed by atoms with E-state index >= 15 is 0 Å². The molecule has 0 aliphatic carbocycles. The minimum absolute atomic E-state index is 0.0190. The molecule has 142 valence electrons. The number of hydrogen-bond acceptors (Lipinski definition) is 5. The number of carbonyl (C=O) groups is 1. The summed E-state index contributed by atoms with van der Waals surface area (Å²) in [6, 6.07) is 11.4. The van der Waals surface area contributed by atoms with E-state index in [1.807, 2.05) is 36.4 Å². The Morgan fingerprint density at radius 3 is 2.59 bits per heavy atom. The number of hydrogen-bond donors (Lipinski definition) is 1. The molecule has 2 aromatic heterocycles. The summed E-state index contributed by atoms with van der Waals surface area (Å²) >= 11 is 0. The van der Waals surface area contributed by atoms with Gasteiger partial charge in [-0.25, -0.2) is 9.67 Å². The number of nitrogens with zero attached hydrogens (tertiary/aromatic N) is 4. The van der Waals surface area contributed by atoms with E-state index in [4.69, 9.17) is 4.42 Å². The van der Waals surface area contributed by atoms with Crippen LogP contribution < -0.4 is 5.32 Å². The summed E-state index contributed by atoms with van der Waals surface area (Å²) in [6.07, 6.45) is 4.84. The van der Waals surface area contributed by atoms with Gasteiger partial charge in [-0.1, -0.05) is 26.0 Å². The zero-order valence-electron chi connectivity index (χ0n) is 15.7. The van der Waals surface area contributed by atoms with E-state index in [0.717, 1.165) is 24.4 Å². The highest BCUT2D eigenvalue weighted by atomic mass is 16.3. The smallest absolute Gasteiger partial charge is 0.251 e. The van der Waals surface area contributed by atoms with Crippen LogP contribution in [0, 0.1) is 0 Å². The molecule has 7 nitrogen and oxygen atoms in total. The predicted molar refractivity (Wildman–Crippen MR) is 102 cm³/mol. The summed E-state index contributed by atoms with van der Waals surface area (Å²) in [4.78, 5) is 18.8. The molecule has 0 aliphatic rings. The van der Waals surface area contributed by atoms with Crippen LogP contribution in [-0.4, -0.2) is 45.2 Å². The van der Waals surface area contributed by atoms with Gasteiger partial charge in [-0.05, 0) is 42.9 Å². The molecule has 0 saturated carbocycles. The fourth-order valence-electron chi connectivity index (χ4n) is 3.11. The van der Waals surface area contributed by atoms with Crippen LogP contribution >= 0.6 is 0 Å². The first-order valence-electron chi connectivity index (χ1n) is 9.18. The van der Waals surface area contributed by atoms with Gasteiger partial charge in [0.1, 0.15) is 18.4 Å². The van der Waals surface area contributed by atoms with Crippen molar-refractivity contribution in [3.63, 3.8) is 0 Å². The third-order valence-electron chi connectivity index (χ3n) is 4.61. The molecule has 2 heterocycles. The molecule has 0 spiro atoms. The van der Waals surface area contributed by atoms with Crippen molar-refractivity contribution in [3.8, 4) is 0 Å². The molecular formula is C20H25N5O2. The summed E-state index contributed by atoms with van der Waals surface area (Å²) in [5.41, 5.74) is 1.70. The van der Waals surface area contributed by atoms with Crippen LogP contribution in [-0.2, 0) is 6.54 Å².